The molecule has 2 rings (SSSR count). The Kier molecular flexibility index (Phi) is 3.16. The normalized spacial score (nSPS) is 15.2. The van der Waals surface area contributed by atoms with Crippen molar-refractivity contribution in [2.24, 2.45) is 11.6 Å². The highest BCUT2D eigenvalue weighted by Gasteiger charge is 2.21. The number of benzene rings is 1. The van der Waals surface area contributed by atoms with Crippen molar-refractivity contribution in [2.45, 2.75) is 13.0 Å². The van der Waals surface area contributed by atoms with Crippen LogP contribution in [0.15, 0.2) is 12.1 Å². The van der Waals surface area contributed by atoms with E-state index in [0.717, 1.165) is 5.56 Å². The average Bonchev–Trinajstić information content (AvgIpc) is 2.36. The summed E-state index contributed by atoms with van der Waals surface area (Å²) < 4.78 is 10.9. The number of fused-ring (bicyclic) bond motifs is 1. The van der Waals surface area contributed by atoms with Crippen molar-refractivity contribution in [3.63, 3.8) is 0 Å². The van der Waals surface area contributed by atoms with Crippen LogP contribution in [-0.2, 0) is 4.79 Å². The minimum atomic E-state index is -0.809. The van der Waals surface area contributed by atoms with Gasteiger partial charge in [-0.15, -0.1) is 0 Å². The number of ether oxygens (including phenoxy) is 2. The van der Waals surface area contributed by atoms with Crippen LogP contribution in [0.3, 0.4) is 0 Å². The molecule has 92 valence electrons. The first kappa shape index (κ1) is 11.7. The van der Waals surface area contributed by atoms with Crippen LogP contribution in [0.4, 0.5) is 0 Å². The molecule has 17 heavy (non-hydrogen) atoms. The van der Waals surface area contributed by atoms with E-state index in [1.54, 1.807) is 6.07 Å². The largest absolute Gasteiger partial charge is 0.486 e. The number of hydrogen-bond donors (Lipinski definition) is 3. The van der Waals surface area contributed by atoms with E-state index in [1.807, 2.05) is 18.4 Å². The first-order valence-electron chi connectivity index (χ1n) is 5.29. The number of aryl methyl sites for hydroxylation is 1. The molecule has 0 aliphatic carbocycles. The third kappa shape index (κ3) is 2.17. The van der Waals surface area contributed by atoms with Gasteiger partial charge < -0.3 is 15.2 Å². The Hall–Kier alpha value is -1.79. The van der Waals surface area contributed by atoms with E-state index in [9.17, 15) is 4.79 Å². The van der Waals surface area contributed by atoms with E-state index in [2.05, 4.69) is 0 Å². The molecule has 0 saturated heterocycles. The van der Waals surface area contributed by atoms with Gasteiger partial charge in [0.05, 0.1) is 0 Å². The maximum atomic E-state index is 11.4. The highest BCUT2D eigenvalue weighted by Crippen LogP contribution is 2.34. The molecule has 1 heterocycles. The molecule has 6 nitrogen and oxygen atoms in total. The maximum absolute atomic E-state index is 11.4. The standard InChI is InChI=1S/C11H15N3O3/c1-6-4-8-9(17-3-2-16-8)5-7(6)10(12)11(15)14-13/h4-5,10H,2-3,12-13H2,1H3,(H,14,15). The number of hydrazine groups is 1. The van der Waals surface area contributed by atoms with Crippen molar-refractivity contribution in [1.82, 2.24) is 5.43 Å². The molecule has 0 bridgehead atoms. The smallest absolute Gasteiger partial charge is 0.255 e. The molecule has 1 aliphatic heterocycles. The molecular formula is C11H15N3O3. The van der Waals surface area contributed by atoms with Crippen LogP contribution in [0.25, 0.3) is 0 Å². The maximum Gasteiger partial charge on any atom is 0.255 e. The fraction of sp³-hybridized carbons (Fsp3) is 0.364. The highest BCUT2D eigenvalue weighted by atomic mass is 16.6. The van der Waals surface area contributed by atoms with Gasteiger partial charge in [-0.25, -0.2) is 5.84 Å². The van der Waals surface area contributed by atoms with Gasteiger partial charge in [0.25, 0.3) is 5.91 Å². The SMILES string of the molecule is Cc1cc2c(cc1C(N)C(=O)NN)OCCO2. The molecule has 1 amide bonds. The van der Waals surface area contributed by atoms with Crippen LogP contribution in [0.5, 0.6) is 11.5 Å². The number of carbonyl (C=O) groups excluding carboxylic acids is 1. The Morgan fingerprint density at radius 2 is 1.94 bits per heavy atom. The van der Waals surface area contributed by atoms with Gasteiger partial charge in [0.15, 0.2) is 11.5 Å². The lowest BCUT2D eigenvalue weighted by Crippen LogP contribution is -2.38. The van der Waals surface area contributed by atoms with Crippen molar-refractivity contribution >= 4 is 5.91 Å². The second-order valence-corrected chi connectivity index (χ2v) is 3.84. The van der Waals surface area contributed by atoms with Crippen molar-refractivity contribution in [3.8, 4) is 11.5 Å². The Labute approximate surface area is 98.8 Å². The topological polar surface area (TPSA) is 99.6 Å². The van der Waals surface area contributed by atoms with Gasteiger partial charge in [0.2, 0.25) is 0 Å². The fourth-order valence-electron chi connectivity index (χ4n) is 1.77. The Morgan fingerprint density at radius 1 is 1.35 bits per heavy atom. The zero-order chi connectivity index (χ0) is 12.4. The molecule has 1 atom stereocenters. The van der Waals surface area contributed by atoms with E-state index in [1.165, 1.54) is 0 Å². The lowest BCUT2D eigenvalue weighted by Gasteiger charge is -2.21. The molecule has 5 N–H and O–H groups in total. The number of hydrogen-bond acceptors (Lipinski definition) is 5. The van der Waals surface area contributed by atoms with E-state index < -0.39 is 11.9 Å². The summed E-state index contributed by atoms with van der Waals surface area (Å²) in [5.74, 6) is 5.91. The fourth-order valence-corrected chi connectivity index (χ4v) is 1.77. The molecule has 0 aromatic heterocycles. The molecule has 0 saturated carbocycles. The first-order valence-corrected chi connectivity index (χ1v) is 5.29. The minimum absolute atomic E-state index is 0.440. The third-order valence-electron chi connectivity index (χ3n) is 2.69. The van der Waals surface area contributed by atoms with Gasteiger partial charge in [-0.1, -0.05) is 0 Å². The Morgan fingerprint density at radius 3 is 2.53 bits per heavy atom. The monoisotopic (exact) mass is 237 g/mol. The van der Waals surface area contributed by atoms with Gasteiger partial charge in [-0.05, 0) is 30.2 Å². The summed E-state index contributed by atoms with van der Waals surface area (Å²) in [4.78, 5) is 11.4. The molecule has 6 heteroatoms. The molecule has 1 aromatic carbocycles. The quantitative estimate of drug-likeness (QED) is 0.374. The van der Waals surface area contributed by atoms with Gasteiger partial charge in [0, 0.05) is 0 Å². The van der Waals surface area contributed by atoms with Crippen LogP contribution in [0.2, 0.25) is 0 Å². The second kappa shape index (κ2) is 4.60. The third-order valence-corrected chi connectivity index (χ3v) is 2.69. The molecule has 1 unspecified atom stereocenters. The summed E-state index contributed by atoms with van der Waals surface area (Å²) in [7, 11) is 0. The molecule has 0 spiro atoms. The molecule has 1 aliphatic rings. The molecule has 0 fully saturated rings. The van der Waals surface area contributed by atoms with Crippen LogP contribution < -0.4 is 26.5 Å². The van der Waals surface area contributed by atoms with E-state index in [0.29, 0.717) is 30.3 Å². The van der Waals surface area contributed by atoms with Crippen molar-refractivity contribution in [3.05, 3.63) is 23.3 Å². The van der Waals surface area contributed by atoms with Crippen LogP contribution in [0, 0.1) is 6.92 Å². The number of nitrogens with one attached hydrogen (secondary N) is 1. The average molecular weight is 237 g/mol. The van der Waals surface area contributed by atoms with Gasteiger partial charge in [-0.2, -0.15) is 0 Å². The van der Waals surface area contributed by atoms with Crippen LogP contribution in [-0.4, -0.2) is 19.1 Å². The van der Waals surface area contributed by atoms with Gasteiger partial charge in [-0.3, -0.25) is 10.2 Å². The molecular weight excluding hydrogens is 222 g/mol. The number of rotatable bonds is 2. The van der Waals surface area contributed by atoms with Crippen molar-refractivity contribution in [1.29, 1.82) is 0 Å². The number of carbonyl (C=O) groups is 1. The summed E-state index contributed by atoms with van der Waals surface area (Å²) in [5, 5.41) is 0. The number of amides is 1. The zero-order valence-electron chi connectivity index (χ0n) is 9.53. The predicted octanol–water partition coefficient (Wildman–Crippen LogP) is -0.244. The van der Waals surface area contributed by atoms with E-state index in [-0.39, 0.29) is 0 Å². The summed E-state index contributed by atoms with van der Waals surface area (Å²) in [6.07, 6.45) is 0. The highest BCUT2D eigenvalue weighted by molar-refractivity contribution is 5.83. The number of nitrogens with two attached hydrogens (primary N) is 2. The van der Waals surface area contributed by atoms with Crippen molar-refractivity contribution in [2.75, 3.05) is 13.2 Å². The Bertz CT molecular complexity index is 448. The zero-order valence-corrected chi connectivity index (χ0v) is 9.53. The predicted molar refractivity (Wildman–Crippen MR) is 61.4 cm³/mol. The van der Waals surface area contributed by atoms with Crippen LogP contribution >= 0.6 is 0 Å². The summed E-state index contributed by atoms with van der Waals surface area (Å²) in [6, 6.07) is 2.73. The first-order chi connectivity index (χ1) is 8.13. The van der Waals surface area contributed by atoms with Gasteiger partial charge in [0.1, 0.15) is 19.3 Å². The molecule has 0 radical (unpaired) electrons. The van der Waals surface area contributed by atoms with Crippen LogP contribution in [0.1, 0.15) is 17.2 Å². The second-order valence-electron chi connectivity index (χ2n) is 3.84. The Balaban J connectivity index is 2.37. The summed E-state index contributed by atoms with van der Waals surface area (Å²) in [6.45, 7) is 2.88. The lowest BCUT2D eigenvalue weighted by atomic mass is 10.0. The summed E-state index contributed by atoms with van der Waals surface area (Å²) in [5.41, 5.74) is 9.37. The van der Waals surface area contributed by atoms with Gasteiger partial charge >= 0.3 is 0 Å². The summed E-state index contributed by atoms with van der Waals surface area (Å²) >= 11 is 0. The minimum Gasteiger partial charge on any atom is -0.486 e. The van der Waals surface area contributed by atoms with E-state index >= 15 is 0 Å². The lowest BCUT2D eigenvalue weighted by molar-refractivity contribution is -0.122. The van der Waals surface area contributed by atoms with E-state index in [4.69, 9.17) is 21.1 Å². The van der Waals surface area contributed by atoms with Crippen molar-refractivity contribution < 1.29 is 14.3 Å². The molecule has 1 aromatic rings.